The summed E-state index contributed by atoms with van der Waals surface area (Å²) in [6, 6.07) is 0. The molecule has 1 rings (SSSR count). The summed E-state index contributed by atoms with van der Waals surface area (Å²) in [7, 11) is 0. The molecule has 1 atom stereocenters. The predicted octanol–water partition coefficient (Wildman–Crippen LogP) is -0.112. The molecule has 0 radical (unpaired) electrons. The van der Waals surface area contributed by atoms with E-state index >= 15 is 0 Å². The second-order valence-electron chi connectivity index (χ2n) is 4.23. The van der Waals surface area contributed by atoms with Crippen LogP contribution in [0.2, 0.25) is 0 Å². The highest BCUT2D eigenvalue weighted by atomic mass is 16.5. The SMILES string of the molecule is CC(CO)(CO)NCCC1CCCO1. The molecule has 0 aromatic rings. The molecule has 0 aliphatic carbocycles. The smallest absolute Gasteiger partial charge is 0.0633 e. The largest absolute Gasteiger partial charge is 0.394 e. The average molecular weight is 203 g/mol. The Bertz CT molecular complexity index is 153. The van der Waals surface area contributed by atoms with E-state index in [-0.39, 0.29) is 13.2 Å². The third-order valence-corrected chi connectivity index (χ3v) is 2.74. The third-order valence-electron chi connectivity index (χ3n) is 2.74. The maximum Gasteiger partial charge on any atom is 0.0633 e. The van der Waals surface area contributed by atoms with Crippen LogP contribution in [-0.4, -0.2) is 48.2 Å². The molecule has 0 saturated carbocycles. The summed E-state index contributed by atoms with van der Waals surface area (Å²) < 4.78 is 5.47. The molecule has 4 nitrogen and oxygen atoms in total. The Labute approximate surface area is 85.3 Å². The number of hydrogen-bond donors (Lipinski definition) is 3. The van der Waals surface area contributed by atoms with E-state index in [0.717, 1.165) is 32.4 Å². The molecule has 3 N–H and O–H groups in total. The molecule has 1 fully saturated rings. The van der Waals surface area contributed by atoms with Gasteiger partial charge >= 0.3 is 0 Å². The highest BCUT2D eigenvalue weighted by molar-refractivity contribution is 4.81. The Morgan fingerprint density at radius 2 is 2.14 bits per heavy atom. The van der Waals surface area contributed by atoms with Crippen molar-refractivity contribution in [2.45, 2.75) is 37.8 Å². The molecular formula is C10H21NO3. The number of rotatable bonds is 6. The third kappa shape index (κ3) is 3.53. The molecule has 0 amide bonds. The summed E-state index contributed by atoms with van der Waals surface area (Å²) in [6.07, 6.45) is 3.61. The number of aliphatic hydroxyl groups excluding tert-OH is 2. The Morgan fingerprint density at radius 3 is 2.64 bits per heavy atom. The molecule has 1 saturated heterocycles. The van der Waals surface area contributed by atoms with E-state index in [1.807, 2.05) is 6.92 Å². The van der Waals surface area contributed by atoms with Crippen molar-refractivity contribution in [2.75, 3.05) is 26.4 Å². The first-order valence-electron chi connectivity index (χ1n) is 5.28. The predicted molar refractivity (Wildman–Crippen MR) is 54.2 cm³/mol. The van der Waals surface area contributed by atoms with Gasteiger partial charge in [-0.1, -0.05) is 0 Å². The van der Waals surface area contributed by atoms with Gasteiger partial charge in [0, 0.05) is 6.61 Å². The van der Waals surface area contributed by atoms with Crippen LogP contribution in [0.1, 0.15) is 26.2 Å². The number of hydrogen-bond acceptors (Lipinski definition) is 4. The Balaban J connectivity index is 2.12. The number of nitrogens with one attached hydrogen (secondary N) is 1. The second kappa shape index (κ2) is 5.66. The minimum atomic E-state index is -0.557. The van der Waals surface area contributed by atoms with Crippen molar-refractivity contribution in [3.8, 4) is 0 Å². The number of aliphatic hydroxyl groups is 2. The molecule has 1 aliphatic rings. The van der Waals surface area contributed by atoms with Crippen molar-refractivity contribution < 1.29 is 14.9 Å². The van der Waals surface area contributed by atoms with Gasteiger partial charge in [-0.3, -0.25) is 0 Å². The summed E-state index contributed by atoms with van der Waals surface area (Å²) in [5.74, 6) is 0. The van der Waals surface area contributed by atoms with E-state index < -0.39 is 5.54 Å². The highest BCUT2D eigenvalue weighted by Gasteiger charge is 2.22. The molecular weight excluding hydrogens is 182 g/mol. The van der Waals surface area contributed by atoms with Crippen LogP contribution in [0.15, 0.2) is 0 Å². The molecule has 4 heteroatoms. The second-order valence-corrected chi connectivity index (χ2v) is 4.23. The quantitative estimate of drug-likeness (QED) is 0.563. The van der Waals surface area contributed by atoms with Gasteiger partial charge < -0.3 is 20.3 Å². The minimum Gasteiger partial charge on any atom is -0.394 e. The number of ether oxygens (including phenoxy) is 1. The van der Waals surface area contributed by atoms with Crippen molar-refractivity contribution in [3.05, 3.63) is 0 Å². The molecule has 1 heterocycles. The first-order chi connectivity index (χ1) is 6.70. The lowest BCUT2D eigenvalue weighted by molar-refractivity contribution is 0.0835. The lowest BCUT2D eigenvalue weighted by atomic mass is 10.0. The summed E-state index contributed by atoms with van der Waals surface area (Å²) in [4.78, 5) is 0. The average Bonchev–Trinajstić information content (AvgIpc) is 2.70. The van der Waals surface area contributed by atoms with Crippen molar-refractivity contribution in [2.24, 2.45) is 0 Å². The monoisotopic (exact) mass is 203 g/mol. The van der Waals surface area contributed by atoms with Crippen LogP contribution < -0.4 is 5.32 Å². The van der Waals surface area contributed by atoms with Gasteiger partial charge in [0.1, 0.15) is 0 Å². The first kappa shape index (κ1) is 11.9. The van der Waals surface area contributed by atoms with Crippen molar-refractivity contribution >= 4 is 0 Å². The zero-order valence-electron chi connectivity index (χ0n) is 8.83. The zero-order chi connectivity index (χ0) is 10.4. The highest BCUT2D eigenvalue weighted by Crippen LogP contribution is 2.14. The van der Waals surface area contributed by atoms with E-state index in [1.54, 1.807) is 0 Å². The van der Waals surface area contributed by atoms with Gasteiger partial charge in [0.25, 0.3) is 0 Å². The summed E-state index contributed by atoms with van der Waals surface area (Å²) in [5.41, 5.74) is -0.557. The van der Waals surface area contributed by atoms with E-state index in [9.17, 15) is 0 Å². The maximum absolute atomic E-state index is 9.02. The van der Waals surface area contributed by atoms with Gasteiger partial charge in [-0.05, 0) is 32.7 Å². The topological polar surface area (TPSA) is 61.7 Å². The van der Waals surface area contributed by atoms with Crippen LogP contribution in [0.4, 0.5) is 0 Å². The molecule has 1 aliphatic heterocycles. The van der Waals surface area contributed by atoms with Crippen LogP contribution in [-0.2, 0) is 4.74 Å². The van der Waals surface area contributed by atoms with Gasteiger partial charge in [0.15, 0.2) is 0 Å². The Kier molecular flexibility index (Phi) is 4.81. The van der Waals surface area contributed by atoms with Gasteiger partial charge in [-0.25, -0.2) is 0 Å². The minimum absolute atomic E-state index is 0.0466. The van der Waals surface area contributed by atoms with Gasteiger partial charge in [-0.15, -0.1) is 0 Å². The van der Waals surface area contributed by atoms with Gasteiger partial charge in [-0.2, -0.15) is 0 Å². The first-order valence-corrected chi connectivity index (χ1v) is 5.28. The lowest BCUT2D eigenvalue weighted by Gasteiger charge is -2.26. The van der Waals surface area contributed by atoms with E-state index in [1.165, 1.54) is 0 Å². The van der Waals surface area contributed by atoms with Crippen molar-refractivity contribution in [1.29, 1.82) is 0 Å². The van der Waals surface area contributed by atoms with Gasteiger partial charge in [0.2, 0.25) is 0 Å². The molecule has 0 bridgehead atoms. The fourth-order valence-electron chi connectivity index (χ4n) is 1.57. The standard InChI is InChI=1S/C10H21NO3/c1-10(7-12,8-13)11-5-4-9-3-2-6-14-9/h9,11-13H,2-8H2,1H3. The van der Waals surface area contributed by atoms with Crippen LogP contribution in [0.3, 0.4) is 0 Å². The molecule has 84 valence electrons. The van der Waals surface area contributed by atoms with Gasteiger partial charge in [0.05, 0.1) is 24.9 Å². The molecule has 0 spiro atoms. The maximum atomic E-state index is 9.02. The lowest BCUT2D eigenvalue weighted by Crippen LogP contribution is -2.49. The zero-order valence-corrected chi connectivity index (χ0v) is 8.83. The Morgan fingerprint density at radius 1 is 1.43 bits per heavy atom. The van der Waals surface area contributed by atoms with E-state index in [4.69, 9.17) is 14.9 Å². The molecule has 1 unspecified atom stereocenters. The summed E-state index contributed by atoms with van der Waals surface area (Å²) >= 11 is 0. The van der Waals surface area contributed by atoms with Crippen LogP contribution >= 0.6 is 0 Å². The molecule has 14 heavy (non-hydrogen) atoms. The van der Waals surface area contributed by atoms with Crippen molar-refractivity contribution in [1.82, 2.24) is 5.32 Å². The van der Waals surface area contributed by atoms with E-state index in [2.05, 4.69) is 5.32 Å². The fourth-order valence-corrected chi connectivity index (χ4v) is 1.57. The van der Waals surface area contributed by atoms with Crippen LogP contribution in [0.5, 0.6) is 0 Å². The van der Waals surface area contributed by atoms with Crippen molar-refractivity contribution in [3.63, 3.8) is 0 Å². The van der Waals surface area contributed by atoms with Crippen LogP contribution in [0.25, 0.3) is 0 Å². The van der Waals surface area contributed by atoms with Crippen LogP contribution in [0, 0.1) is 0 Å². The normalized spacial score (nSPS) is 22.9. The van der Waals surface area contributed by atoms with E-state index in [0.29, 0.717) is 6.10 Å². The molecule has 0 aromatic heterocycles. The molecule has 0 aromatic carbocycles. The summed E-state index contributed by atoms with van der Waals surface area (Å²) in [5, 5.41) is 21.2. The summed E-state index contributed by atoms with van der Waals surface area (Å²) in [6.45, 7) is 3.37. The fraction of sp³-hybridized carbons (Fsp3) is 1.00. The Hall–Kier alpha value is -0.160.